The third-order valence-electron chi connectivity index (χ3n) is 3.25. The molecule has 1 aliphatic rings. The fourth-order valence-electron chi connectivity index (χ4n) is 2.28. The molecule has 0 saturated carbocycles. The zero-order chi connectivity index (χ0) is 14.4. The number of ether oxygens (including phenoxy) is 2. The summed E-state index contributed by atoms with van der Waals surface area (Å²) in [5.41, 5.74) is 0.195. The number of nitrogens with zero attached hydrogens (tertiary/aromatic N) is 2. The van der Waals surface area contributed by atoms with Gasteiger partial charge in [-0.15, -0.1) is 0 Å². The minimum absolute atomic E-state index is 0.195. The zero-order valence-electron chi connectivity index (χ0n) is 11.2. The second kappa shape index (κ2) is 7.08. The van der Waals surface area contributed by atoms with Crippen molar-refractivity contribution in [2.75, 3.05) is 6.61 Å². The Bertz CT molecular complexity index is 486. The Morgan fingerprint density at radius 1 is 1.65 bits per heavy atom. The van der Waals surface area contributed by atoms with Crippen molar-refractivity contribution in [2.45, 2.75) is 44.6 Å². The summed E-state index contributed by atoms with van der Waals surface area (Å²) in [7, 11) is 0. The maximum absolute atomic E-state index is 11.1. The molecule has 0 bridgehead atoms. The molecule has 1 unspecified atom stereocenters. The first-order valence-electron chi connectivity index (χ1n) is 6.73. The molecule has 1 saturated heterocycles. The fraction of sp³-hybridized carbons (Fsp3) is 0.571. The summed E-state index contributed by atoms with van der Waals surface area (Å²) in [6.45, 7) is 1.01. The van der Waals surface area contributed by atoms with E-state index in [0.717, 1.165) is 19.3 Å². The summed E-state index contributed by atoms with van der Waals surface area (Å²) >= 11 is 0. The van der Waals surface area contributed by atoms with Crippen LogP contribution in [-0.2, 0) is 16.0 Å². The Morgan fingerprint density at radius 2 is 2.50 bits per heavy atom. The van der Waals surface area contributed by atoms with Crippen molar-refractivity contribution in [1.82, 2.24) is 4.57 Å². The number of hydrogen-bond acceptors (Lipinski definition) is 4. The summed E-state index contributed by atoms with van der Waals surface area (Å²) in [4.78, 5) is 11.1. The number of aromatic carboxylic acids is 1. The van der Waals surface area contributed by atoms with Gasteiger partial charge in [-0.05, 0) is 31.4 Å². The van der Waals surface area contributed by atoms with E-state index < -0.39 is 5.97 Å². The number of nitriles is 1. The Kier molecular flexibility index (Phi) is 5.16. The Hall–Kier alpha value is -1.84. The number of carboxylic acids is 1. The predicted octanol–water partition coefficient (Wildman–Crippen LogP) is 2.01. The summed E-state index contributed by atoms with van der Waals surface area (Å²) in [5.74, 6) is -0.986. The third kappa shape index (κ3) is 3.83. The predicted molar refractivity (Wildman–Crippen MR) is 70.1 cm³/mol. The van der Waals surface area contributed by atoms with Crippen LogP contribution in [-0.4, -0.2) is 34.6 Å². The van der Waals surface area contributed by atoms with Gasteiger partial charge in [-0.25, -0.2) is 4.79 Å². The Labute approximate surface area is 117 Å². The molecule has 6 heteroatoms. The van der Waals surface area contributed by atoms with E-state index in [9.17, 15) is 4.79 Å². The molecule has 0 spiro atoms. The molecule has 0 radical (unpaired) electrons. The molecule has 2 rings (SSSR count). The van der Waals surface area contributed by atoms with Crippen molar-refractivity contribution in [1.29, 1.82) is 5.26 Å². The van der Waals surface area contributed by atoms with Crippen LogP contribution in [0.25, 0.3) is 0 Å². The lowest BCUT2D eigenvalue weighted by Gasteiger charge is -2.27. The van der Waals surface area contributed by atoms with Gasteiger partial charge < -0.3 is 19.1 Å². The van der Waals surface area contributed by atoms with Gasteiger partial charge in [0.25, 0.3) is 0 Å². The number of carbonyl (C=O) groups is 1. The number of carboxylic acid groups (broad SMARTS) is 1. The van der Waals surface area contributed by atoms with Crippen LogP contribution >= 0.6 is 0 Å². The van der Waals surface area contributed by atoms with Gasteiger partial charge in [-0.3, -0.25) is 0 Å². The molecular formula is C14H18N2O4. The molecule has 6 nitrogen and oxygen atoms in total. The van der Waals surface area contributed by atoms with Crippen LogP contribution in [0.15, 0.2) is 18.3 Å². The number of hydrogen-bond donors (Lipinski definition) is 1. The lowest BCUT2D eigenvalue weighted by Crippen LogP contribution is -2.31. The standard InChI is InChI=1S/C14H18N2O4/c15-7-6-11(20-13-5-1-2-9-19-13)10-16-8-3-4-12(16)14(17)18/h3-4,8,11,13H,1-2,5-6,9-10H2,(H,17,18)/t11-,13?/m0/s1. The largest absolute Gasteiger partial charge is 0.477 e. The maximum Gasteiger partial charge on any atom is 0.352 e. The molecule has 1 aliphatic heterocycles. The van der Waals surface area contributed by atoms with Crippen molar-refractivity contribution >= 4 is 5.97 Å². The van der Waals surface area contributed by atoms with E-state index in [0.29, 0.717) is 13.2 Å². The van der Waals surface area contributed by atoms with Crippen LogP contribution in [0.1, 0.15) is 36.2 Å². The van der Waals surface area contributed by atoms with E-state index in [2.05, 4.69) is 6.07 Å². The van der Waals surface area contributed by atoms with Gasteiger partial charge >= 0.3 is 5.97 Å². The van der Waals surface area contributed by atoms with E-state index in [-0.39, 0.29) is 24.5 Å². The van der Waals surface area contributed by atoms with E-state index in [1.807, 2.05) is 0 Å². The van der Waals surface area contributed by atoms with Crippen LogP contribution in [0.4, 0.5) is 0 Å². The van der Waals surface area contributed by atoms with Gasteiger partial charge in [0.2, 0.25) is 0 Å². The van der Waals surface area contributed by atoms with Gasteiger partial charge in [0.15, 0.2) is 6.29 Å². The summed E-state index contributed by atoms with van der Waals surface area (Å²) < 4.78 is 12.9. The molecular weight excluding hydrogens is 260 g/mol. The van der Waals surface area contributed by atoms with Crippen LogP contribution in [0, 0.1) is 11.3 Å². The summed E-state index contributed by atoms with van der Waals surface area (Å²) in [6.07, 6.45) is 4.13. The van der Waals surface area contributed by atoms with E-state index in [1.54, 1.807) is 16.8 Å². The van der Waals surface area contributed by atoms with Gasteiger partial charge in [-0.2, -0.15) is 5.26 Å². The monoisotopic (exact) mass is 278 g/mol. The highest BCUT2D eigenvalue weighted by molar-refractivity contribution is 5.85. The normalized spacial score (nSPS) is 20.2. The quantitative estimate of drug-likeness (QED) is 0.860. The van der Waals surface area contributed by atoms with Gasteiger partial charge in [0.05, 0.1) is 25.1 Å². The van der Waals surface area contributed by atoms with Gasteiger partial charge in [0.1, 0.15) is 5.69 Å². The minimum Gasteiger partial charge on any atom is -0.477 e. The number of rotatable bonds is 6. The van der Waals surface area contributed by atoms with Crippen LogP contribution < -0.4 is 0 Å². The molecule has 2 atom stereocenters. The molecule has 20 heavy (non-hydrogen) atoms. The van der Waals surface area contributed by atoms with Crippen LogP contribution in [0.3, 0.4) is 0 Å². The van der Waals surface area contributed by atoms with Crippen molar-refractivity contribution in [3.63, 3.8) is 0 Å². The van der Waals surface area contributed by atoms with Gasteiger partial charge in [0, 0.05) is 12.8 Å². The molecule has 1 N–H and O–H groups in total. The highest BCUT2D eigenvalue weighted by atomic mass is 16.7. The summed E-state index contributed by atoms with van der Waals surface area (Å²) in [5, 5.41) is 17.9. The SMILES string of the molecule is N#CC[C@@H](Cn1cccc1C(=O)O)OC1CCCCO1. The molecule has 2 heterocycles. The zero-order valence-corrected chi connectivity index (χ0v) is 11.2. The van der Waals surface area contributed by atoms with E-state index in [4.69, 9.17) is 19.8 Å². The first kappa shape index (κ1) is 14.6. The molecule has 0 aliphatic carbocycles. The second-order valence-corrected chi connectivity index (χ2v) is 4.77. The number of aromatic nitrogens is 1. The minimum atomic E-state index is -0.986. The first-order chi connectivity index (χ1) is 9.70. The molecule has 1 fully saturated rings. The third-order valence-corrected chi connectivity index (χ3v) is 3.25. The van der Waals surface area contributed by atoms with Crippen LogP contribution in [0.5, 0.6) is 0 Å². The van der Waals surface area contributed by atoms with Crippen molar-refractivity contribution in [2.24, 2.45) is 0 Å². The second-order valence-electron chi connectivity index (χ2n) is 4.77. The van der Waals surface area contributed by atoms with E-state index in [1.165, 1.54) is 6.07 Å². The first-order valence-corrected chi connectivity index (χ1v) is 6.73. The topological polar surface area (TPSA) is 84.5 Å². The van der Waals surface area contributed by atoms with E-state index >= 15 is 0 Å². The molecule has 108 valence electrons. The average Bonchev–Trinajstić information content (AvgIpc) is 2.88. The average molecular weight is 278 g/mol. The lowest BCUT2D eigenvalue weighted by atomic mass is 10.2. The molecule has 1 aromatic heterocycles. The van der Waals surface area contributed by atoms with Crippen molar-refractivity contribution < 1.29 is 19.4 Å². The lowest BCUT2D eigenvalue weighted by molar-refractivity contribution is -0.189. The molecule has 0 aromatic carbocycles. The smallest absolute Gasteiger partial charge is 0.352 e. The van der Waals surface area contributed by atoms with Crippen LogP contribution in [0.2, 0.25) is 0 Å². The van der Waals surface area contributed by atoms with Crippen molar-refractivity contribution in [3.05, 3.63) is 24.0 Å². The summed E-state index contributed by atoms with van der Waals surface area (Å²) in [6, 6.07) is 5.28. The Morgan fingerprint density at radius 3 is 3.15 bits per heavy atom. The highest BCUT2D eigenvalue weighted by Crippen LogP contribution is 2.18. The maximum atomic E-state index is 11.1. The molecule has 1 aromatic rings. The van der Waals surface area contributed by atoms with Gasteiger partial charge in [-0.1, -0.05) is 0 Å². The Balaban J connectivity index is 1.99. The highest BCUT2D eigenvalue weighted by Gasteiger charge is 2.21. The molecule has 0 amide bonds. The fourth-order valence-corrected chi connectivity index (χ4v) is 2.28. The van der Waals surface area contributed by atoms with Crippen molar-refractivity contribution in [3.8, 4) is 6.07 Å².